The van der Waals surface area contributed by atoms with Crippen molar-refractivity contribution < 1.29 is 14.3 Å². The highest BCUT2D eigenvalue weighted by atomic mass is 16.5. The Morgan fingerprint density at radius 3 is 2.57 bits per heavy atom. The highest BCUT2D eigenvalue weighted by molar-refractivity contribution is 5.91. The molecule has 0 aromatic carbocycles. The SMILES string of the molecule is CNc1ccc(CCN2CCC3(CC2)CCN(C2=CC(=O)OC2C)C3=O)cn1. The molecule has 1 atom stereocenters. The number of ether oxygens (including phenoxy) is 1. The first-order valence-electron chi connectivity index (χ1n) is 10.1. The fourth-order valence-electron chi connectivity index (χ4n) is 4.55. The monoisotopic (exact) mass is 384 g/mol. The van der Waals surface area contributed by atoms with E-state index in [1.54, 1.807) is 4.90 Å². The number of hydrogen-bond donors (Lipinski definition) is 1. The second-order valence-electron chi connectivity index (χ2n) is 8.03. The van der Waals surface area contributed by atoms with Gasteiger partial charge < -0.3 is 19.9 Å². The van der Waals surface area contributed by atoms with Crippen molar-refractivity contribution >= 4 is 17.7 Å². The lowest BCUT2D eigenvalue weighted by atomic mass is 9.77. The number of piperidine rings is 1. The van der Waals surface area contributed by atoms with Crippen LogP contribution < -0.4 is 5.32 Å². The molecule has 1 unspecified atom stereocenters. The number of anilines is 1. The number of carbonyl (C=O) groups excluding carboxylic acids is 2. The van der Waals surface area contributed by atoms with Crippen LogP contribution in [-0.2, 0) is 20.7 Å². The number of hydrogen-bond acceptors (Lipinski definition) is 6. The molecule has 7 nitrogen and oxygen atoms in total. The Labute approximate surface area is 165 Å². The molecule has 1 N–H and O–H groups in total. The van der Waals surface area contributed by atoms with Crippen molar-refractivity contribution in [3.05, 3.63) is 35.7 Å². The van der Waals surface area contributed by atoms with E-state index in [4.69, 9.17) is 4.74 Å². The molecule has 1 aromatic heterocycles. The first kappa shape index (κ1) is 18.9. The molecule has 1 amide bonds. The van der Waals surface area contributed by atoms with Crippen LogP contribution in [0, 0.1) is 5.41 Å². The van der Waals surface area contributed by atoms with Gasteiger partial charge in [0.1, 0.15) is 11.9 Å². The normalized spacial score (nSPS) is 24.6. The van der Waals surface area contributed by atoms with Gasteiger partial charge in [0.15, 0.2) is 0 Å². The number of pyridine rings is 1. The summed E-state index contributed by atoms with van der Waals surface area (Å²) < 4.78 is 5.17. The highest BCUT2D eigenvalue weighted by Crippen LogP contribution is 2.43. The Balaban J connectivity index is 1.31. The topological polar surface area (TPSA) is 74.8 Å². The average Bonchev–Trinajstić information content (AvgIpc) is 3.20. The van der Waals surface area contributed by atoms with Gasteiger partial charge in [-0.25, -0.2) is 9.78 Å². The van der Waals surface area contributed by atoms with Gasteiger partial charge in [-0.1, -0.05) is 6.07 Å². The molecule has 2 fully saturated rings. The Kier molecular flexibility index (Phi) is 5.10. The number of nitrogens with one attached hydrogen (secondary N) is 1. The Morgan fingerprint density at radius 2 is 1.96 bits per heavy atom. The first-order chi connectivity index (χ1) is 13.5. The van der Waals surface area contributed by atoms with Gasteiger partial charge in [-0.05, 0) is 57.3 Å². The minimum absolute atomic E-state index is 0.176. The number of carbonyl (C=O) groups is 2. The number of esters is 1. The summed E-state index contributed by atoms with van der Waals surface area (Å²) in [6.07, 6.45) is 6.68. The van der Waals surface area contributed by atoms with Gasteiger partial charge in [0.05, 0.1) is 11.1 Å². The molecule has 150 valence electrons. The van der Waals surface area contributed by atoms with Gasteiger partial charge in [-0.2, -0.15) is 0 Å². The van der Waals surface area contributed by atoms with Crippen LogP contribution in [0.5, 0.6) is 0 Å². The fraction of sp³-hybridized carbons (Fsp3) is 0.571. The van der Waals surface area contributed by atoms with Crippen molar-refractivity contribution in [1.29, 1.82) is 0 Å². The van der Waals surface area contributed by atoms with Gasteiger partial charge in [0.2, 0.25) is 5.91 Å². The lowest BCUT2D eigenvalue weighted by Crippen LogP contribution is -2.45. The third kappa shape index (κ3) is 3.51. The molecule has 7 heteroatoms. The van der Waals surface area contributed by atoms with Gasteiger partial charge in [-0.3, -0.25) is 4.79 Å². The van der Waals surface area contributed by atoms with E-state index in [-0.39, 0.29) is 23.4 Å². The van der Waals surface area contributed by atoms with Crippen molar-refractivity contribution in [2.24, 2.45) is 5.41 Å². The lowest BCUT2D eigenvalue weighted by Gasteiger charge is -2.38. The standard InChI is InChI=1S/C21H28N4O3/c1-15-17(13-19(26)28-15)25-12-8-21(20(25)27)6-10-24(11-7-21)9-5-16-3-4-18(22-2)23-14-16/h3-4,13-15H,5-12H2,1-2H3,(H,22,23). The van der Waals surface area contributed by atoms with Gasteiger partial charge in [0.25, 0.3) is 0 Å². The quantitative estimate of drug-likeness (QED) is 0.781. The zero-order chi connectivity index (χ0) is 19.7. The zero-order valence-corrected chi connectivity index (χ0v) is 16.6. The fourth-order valence-corrected chi connectivity index (χ4v) is 4.55. The molecule has 28 heavy (non-hydrogen) atoms. The number of likely N-dealkylation sites (tertiary alicyclic amines) is 2. The molecule has 2 saturated heterocycles. The van der Waals surface area contributed by atoms with E-state index in [0.717, 1.165) is 56.8 Å². The number of amides is 1. The molecule has 3 aliphatic heterocycles. The van der Waals surface area contributed by atoms with E-state index < -0.39 is 0 Å². The predicted octanol–water partition coefficient (Wildman–Crippen LogP) is 1.81. The van der Waals surface area contributed by atoms with Crippen LogP contribution in [-0.4, -0.2) is 66.0 Å². The number of nitrogens with zero attached hydrogens (tertiary/aromatic N) is 3. The molecule has 0 aliphatic carbocycles. The summed E-state index contributed by atoms with van der Waals surface area (Å²) in [4.78, 5) is 33.3. The van der Waals surface area contributed by atoms with E-state index in [1.807, 2.05) is 26.2 Å². The van der Waals surface area contributed by atoms with E-state index in [0.29, 0.717) is 6.54 Å². The molecule has 0 saturated carbocycles. The summed E-state index contributed by atoms with van der Waals surface area (Å²) in [6, 6.07) is 4.11. The molecule has 3 aliphatic rings. The minimum atomic E-state index is -0.344. The maximum absolute atomic E-state index is 13.2. The van der Waals surface area contributed by atoms with Crippen LogP contribution >= 0.6 is 0 Å². The number of cyclic esters (lactones) is 1. The van der Waals surface area contributed by atoms with Crippen molar-refractivity contribution in [3.8, 4) is 0 Å². The summed E-state index contributed by atoms with van der Waals surface area (Å²) in [5.74, 6) is 0.713. The lowest BCUT2D eigenvalue weighted by molar-refractivity contribution is -0.141. The summed E-state index contributed by atoms with van der Waals surface area (Å²) in [7, 11) is 1.87. The molecule has 0 bridgehead atoms. The Morgan fingerprint density at radius 1 is 1.21 bits per heavy atom. The van der Waals surface area contributed by atoms with Gasteiger partial charge in [-0.15, -0.1) is 0 Å². The van der Waals surface area contributed by atoms with Crippen LogP contribution in [0.15, 0.2) is 30.1 Å². The van der Waals surface area contributed by atoms with Crippen LogP contribution in [0.2, 0.25) is 0 Å². The molecule has 4 rings (SSSR count). The van der Waals surface area contributed by atoms with Crippen molar-refractivity contribution in [1.82, 2.24) is 14.8 Å². The molecule has 0 radical (unpaired) electrons. The second-order valence-corrected chi connectivity index (χ2v) is 8.03. The van der Waals surface area contributed by atoms with Crippen LogP contribution in [0.25, 0.3) is 0 Å². The highest BCUT2D eigenvalue weighted by Gasteiger charge is 2.50. The maximum Gasteiger partial charge on any atom is 0.333 e. The summed E-state index contributed by atoms with van der Waals surface area (Å²) >= 11 is 0. The summed E-state index contributed by atoms with van der Waals surface area (Å²) in [6.45, 7) is 5.38. The predicted molar refractivity (Wildman–Crippen MR) is 106 cm³/mol. The smallest absolute Gasteiger partial charge is 0.333 e. The Bertz CT molecular complexity index is 781. The van der Waals surface area contributed by atoms with Crippen molar-refractivity contribution in [2.75, 3.05) is 38.5 Å². The number of aromatic nitrogens is 1. The molecular weight excluding hydrogens is 356 g/mol. The molecular formula is C21H28N4O3. The van der Waals surface area contributed by atoms with Crippen LogP contribution in [0.3, 0.4) is 0 Å². The summed E-state index contributed by atoms with van der Waals surface area (Å²) in [5, 5.41) is 3.03. The molecule has 4 heterocycles. The van der Waals surface area contributed by atoms with Crippen molar-refractivity contribution in [3.63, 3.8) is 0 Å². The summed E-state index contributed by atoms with van der Waals surface area (Å²) in [5.41, 5.74) is 1.69. The zero-order valence-electron chi connectivity index (χ0n) is 16.6. The van der Waals surface area contributed by atoms with Gasteiger partial charge in [0, 0.05) is 32.4 Å². The Hall–Kier alpha value is -2.41. The van der Waals surface area contributed by atoms with E-state index >= 15 is 0 Å². The molecule has 1 aromatic rings. The third-order valence-electron chi connectivity index (χ3n) is 6.41. The average molecular weight is 384 g/mol. The first-order valence-corrected chi connectivity index (χ1v) is 10.1. The minimum Gasteiger partial charge on any atom is -0.453 e. The maximum atomic E-state index is 13.2. The van der Waals surface area contributed by atoms with Crippen LogP contribution in [0.4, 0.5) is 5.82 Å². The van der Waals surface area contributed by atoms with Crippen LogP contribution in [0.1, 0.15) is 31.7 Å². The van der Waals surface area contributed by atoms with Crippen molar-refractivity contribution in [2.45, 2.75) is 38.7 Å². The third-order valence-corrected chi connectivity index (χ3v) is 6.41. The second kappa shape index (κ2) is 7.54. The number of rotatable bonds is 5. The van der Waals surface area contributed by atoms with Gasteiger partial charge >= 0.3 is 5.97 Å². The molecule has 1 spiro atoms. The van der Waals surface area contributed by atoms with E-state index in [2.05, 4.69) is 21.3 Å². The van der Waals surface area contributed by atoms with E-state index in [9.17, 15) is 9.59 Å². The van der Waals surface area contributed by atoms with E-state index in [1.165, 1.54) is 11.6 Å². The largest absolute Gasteiger partial charge is 0.453 e.